The van der Waals surface area contributed by atoms with Crippen molar-refractivity contribution in [3.05, 3.63) is 54.4 Å². The van der Waals surface area contributed by atoms with Gasteiger partial charge >= 0.3 is 0 Å². The quantitative estimate of drug-likeness (QED) is 0.740. The van der Waals surface area contributed by atoms with Gasteiger partial charge in [0, 0.05) is 24.1 Å². The van der Waals surface area contributed by atoms with Gasteiger partial charge in [-0.05, 0) is 42.9 Å². The molecule has 134 valence electrons. The van der Waals surface area contributed by atoms with E-state index in [0.717, 1.165) is 30.1 Å². The number of anilines is 1. The van der Waals surface area contributed by atoms with E-state index in [9.17, 15) is 0 Å². The van der Waals surface area contributed by atoms with E-state index in [1.807, 2.05) is 36.5 Å². The zero-order valence-corrected chi connectivity index (χ0v) is 16.1. The van der Waals surface area contributed by atoms with Gasteiger partial charge in [0.05, 0.1) is 40.3 Å². The number of thiocarbonyl (C=S) groups is 1. The fourth-order valence-electron chi connectivity index (χ4n) is 2.51. The lowest BCUT2D eigenvalue weighted by Gasteiger charge is -2.32. The third-order valence-corrected chi connectivity index (χ3v) is 4.41. The van der Waals surface area contributed by atoms with Crippen LogP contribution in [0.25, 0.3) is 0 Å². The number of methoxy groups -OCH3 is 1. The van der Waals surface area contributed by atoms with Crippen LogP contribution < -0.4 is 15.0 Å². The summed E-state index contributed by atoms with van der Waals surface area (Å²) in [5.74, 6) is 0.803. The average molecular weight is 360 g/mol. The topological polar surface area (TPSA) is 41.8 Å². The monoisotopic (exact) mass is 359 g/mol. The highest BCUT2D eigenvalue weighted by Crippen LogP contribution is 2.22. The first kappa shape index (κ1) is 19.1. The Labute approximate surface area is 155 Å². The van der Waals surface area contributed by atoms with E-state index >= 15 is 0 Å². The Morgan fingerprint density at radius 3 is 2.76 bits per heavy atom. The first-order chi connectivity index (χ1) is 12.0. The maximum Gasteiger partial charge on any atom is 0.174 e. The molecule has 2 N–H and O–H groups in total. The van der Waals surface area contributed by atoms with Crippen LogP contribution in [0.15, 0.2) is 48.8 Å². The summed E-state index contributed by atoms with van der Waals surface area (Å²) in [6.07, 6.45) is 3.69. The van der Waals surface area contributed by atoms with E-state index in [4.69, 9.17) is 17.0 Å². The van der Waals surface area contributed by atoms with Gasteiger partial charge < -0.3 is 19.9 Å². The molecule has 1 aromatic heterocycles. The van der Waals surface area contributed by atoms with Crippen LogP contribution in [0.1, 0.15) is 18.5 Å². The molecule has 0 saturated heterocycles. The first-order valence-electron chi connectivity index (χ1n) is 8.42. The Morgan fingerprint density at radius 2 is 2.12 bits per heavy atom. The Morgan fingerprint density at radius 1 is 1.32 bits per heavy atom. The van der Waals surface area contributed by atoms with Crippen molar-refractivity contribution in [1.29, 1.82) is 0 Å². The van der Waals surface area contributed by atoms with Crippen LogP contribution in [0, 0.1) is 0 Å². The molecule has 2 rings (SSSR count). The molecule has 0 spiro atoms. The van der Waals surface area contributed by atoms with Gasteiger partial charge in [-0.3, -0.25) is 4.98 Å². The van der Waals surface area contributed by atoms with Crippen LogP contribution in [-0.2, 0) is 0 Å². The van der Waals surface area contributed by atoms with Crippen molar-refractivity contribution in [3.8, 4) is 5.75 Å². The molecular weight excluding hydrogens is 332 g/mol. The lowest BCUT2D eigenvalue weighted by molar-refractivity contribution is -0.857. The highest BCUT2D eigenvalue weighted by molar-refractivity contribution is 7.80. The van der Waals surface area contributed by atoms with Gasteiger partial charge in [-0.2, -0.15) is 0 Å². The van der Waals surface area contributed by atoms with Crippen molar-refractivity contribution < 1.29 is 9.64 Å². The molecule has 0 radical (unpaired) electrons. The van der Waals surface area contributed by atoms with Crippen LogP contribution in [0.5, 0.6) is 5.75 Å². The van der Waals surface area contributed by atoms with Gasteiger partial charge in [0.2, 0.25) is 0 Å². The van der Waals surface area contributed by atoms with Gasteiger partial charge in [0.1, 0.15) is 5.75 Å². The molecule has 0 aliphatic carbocycles. The molecule has 1 unspecified atom stereocenters. The molecule has 2 aromatic rings. The third kappa shape index (κ3) is 5.69. The number of hydrogen-bond acceptors (Lipinski definition) is 3. The van der Waals surface area contributed by atoms with Crippen molar-refractivity contribution in [1.82, 2.24) is 9.88 Å². The van der Waals surface area contributed by atoms with Crippen LogP contribution >= 0.6 is 12.2 Å². The van der Waals surface area contributed by atoms with Gasteiger partial charge in [-0.1, -0.05) is 12.1 Å². The smallest absolute Gasteiger partial charge is 0.174 e. The van der Waals surface area contributed by atoms with E-state index in [1.54, 1.807) is 13.3 Å². The summed E-state index contributed by atoms with van der Waals surface area (Å²) >= 11 is 5.71. The number of pyridine rings is 1. The average Bonchev–Trinajstić information content (AvgIpc) is 2.62. The van der Waals surface area contributed by atoms with Crippen LogP contribution in [0.3, 0.4) is 0 Å². The second-order valence-corrected chi connectivity index (χ2v) is 6.66. The predicted molar refractivity (Wildman–Crippen MR) is 106 cm³/mol. The Bertz CT molecular complexity index is 678. The minimum Gasteiger partial charge on any atom is -0.497 e. The molecule has 5 nitrogen and oxygen atoms in total. The largest absolute Gasteiger partial charge is 0.497 e. The molecule has 0 fully saturated rings. The summed E-state index contributed by atoms with van der Waals surface area (Å²) in [5.41, 5.74) is 2.07. The summed E-state index contributed by atoms with van der Waals surface area (Å²) in [5, 5.41) is 4.04. The number of hydrogen-bond donors (Lipinski definition) is 2. The van der Waals surface area contributed by atoms with Gasteiger partial charge in [-0.25, -0.2) is 0 Å². The number of quaternary nitrogens is 1. The maximum absolute atomic E-state index is 5.71. The predicted octanol–water partition coefficient (Wildman–Crippen LogP) is 1.99. The first-order valence-corrected chi connectivity index (χ1v) is 8.82. The fourth-order valence-corrected chi connectivity index (χ4v) is 2.88. The molecule has 25 heavy (non-hydrogen) atoms. The van der Waals surface area contributed by atoms with Crippen molar-refractivity contribution >= 4 is 23.0 Å². The molecule has 6 heteroatoms. The maximum atomic E-state index is 5.71. The molecular formula is C19H27N4OS+. The van der Waals surface area contributed by atoms with Crippen molar-refractivity contribution in [3.63, 3.8) is 0 Å². The van der Waals surface area contributed by atoms with E-state index in [1.165, 1.54) is 4.90 Å². The van der Waals surface area contributed by atoms with Gasteiger partial charge in [0.25, 0.3) is 0 Å². The molecule has 0 aliphatic heterocycles. The number of rotatable bonds is 7. The van der Waals surface area contributed by atoms with Crippen LogP contribution in [-0.4, -0.2) is 49.3 Å². The normalized spacial score (nSPS) is 11.9. The molecule has 0 saturated carbocycles. The Hall–Kier alpha value is -2.18. The SMILES string of the molecule is COc1cccc(NC(=S)N(CC[NH+](C)C)C(C)c2cccnc2)c1. The molecule has 1 aromatic carbocycles. The zero-order valence-electron chi connectivity index (χ0n) is 15.3. The number of nitrogens with zero attached hydrogens (tertiary/aromatic N) is 2. The summed E-state index contributed by atoms with van der Waals surface area (Å²) in [6.45, 7) is 4.00. The van der Waals surface area contributed by atoms with Gasteiger partial charge in [-0.15, -0.1) is 0 Å². The van der Waals surface area contributed by atoms with Crippen LogP contribution in [0.4, 0.5) is 5.69 Å². The van der Waals surface area contributed by atoms with Gasteiger partial charge in [0.15, 0.2) is 5.11 Å². The minimum absolute atomic E-state index is 0.138. The fraction of sp³-hybridized carbons (Fsp3) is 0.368. The van der Waals surface area contributed by atoms with Crippen molar-refractivity contribution in [2.45, 2.75) is 13.0 Å². The summed E-state index contributed by atoms with van der Waals surface area (Å²) in [7, 11) is 5.95. The summed E-state index contributed by atoms with van der Waals surface area (Å²) in [4.78, 5) is 7.83. The van der Waals surface area contributed by atoms with Crippen LogP contribution in [0.2, 0.25) is 0 Å². The second-order valence-electron chi connectivity index (χ2n) is 6.27. The number of benzene rings is 1. The van der Waals surface area contributed by atoms with E-state index in [0.29, 0.717) is 5.11 Å². The number of nitrogens with one attached hydrogen (secondary N) is 2. The number of likely N-dealkylation sites (N-methyl/N-ethyl adjacent to an activating group) is 1. The standard InChI is InChI=1S/C19H26N4OS/c1-15(16-7-6-10-20-14-16)23(12-11-22(2)3)19(25)21-17-8-5-9-18(13-17)24-4/h5-10,13-15H,11-12H2,1-4H3,(H,21,25)/p+1. The molecule has 0 bridgehead atoms. The molecule has 1 heterocycles. The molecule has 0 aliphatic rings. The number of aromatic nitrogens is 1. The highest BCUT2D eigenvalue weighted by atomic mass is 32.1. The second kappa shape index (κ2) is 9.34. The zero-order chi connectivity index (χ0) is 18.2. The Balaban J connectivity index is 2.17. The lowest BCUT2D eigenvalue weighted by Crippen LogP contribution is -3.06. The lowest BCUT2D eigenvalue weighted by atomic mass is 10.1. The third-order valence-electron chi connectivity index (χ3n) is 4.07. The summed E-state index contributed by atoms with van der Waals surface area (Å²) in [6, 6.07) is 12.0. The van der Waals surface area contributed by atoms with Crippen molar-refractivity contribution in [2.24, 2.45) is 0 Å². The van der Waals surface area contributed by atoms with E-state index in [-0.39, 0.29) is 6.04 Å². The highest BCUT2D eigenvalue weighted by Gasteiger charge is 2.20. The Kier molecular flexibility index (Phi) is 7.16. The molecule has 0 amide bonds. The molecule has 1 atom stereocenters. The van der Waals surface area contributed by atoms with E-state index in [2.05, 4.69) is 42.3 Å². The van der Waals surface area contributed by atoms with Crippen molar-refractivity contribution in [2.75, 3.05) is 39.6 Å². The summed E-state index contributed by atoms with van der Waals surface area (Å²) < 4.78 is 5.28. The number of ether oxygens (including phenoxy) is 1. The minimum atomic E-state index is 0.138. The van der Waals surface area contributed by atoms with E-state index < -0.39 is 0 Å².